The summed E-state index contributed by atoms with van der Waals surface area (Å²) < 4.78 is 7.79. The predicted molar refractivity (Wildman–Crippen MR) is 65.7 cm³/mol. The van der Waals surface area contributed by atoms with Crippen molar-refractivity contribution in [3.8, 4) is 0 Å². The normalized spacial score (nSPS) is 11.1. The maximum Gasteiger partial charge on any atom is 0.0949 e. The Balaban J connectivity index is 2.07. The van der Waals surface area contributed by atoms with Crippen LogP contribution in [0.2, 0.25) is 0 Å². The highest BCUT2D eigenvalue weighted by molar-refractivity contribution is 7.13. The van der Waals surface area contributed by atoms with Gasteiger partial charge in [0, 0.05) is 17.8 Å². The van der Waals surface area contributed by atoms with Crippen molar-refractivity contribution in [2.75, 3.05) is 0 Å². The van der Waals surface area contributed by atoms with Crippen LogP contribution in [-0.4, -0.2) is 13.9 Å². The third-order valence-corrected chi connectivity index (χ3v) is 3.46. The summed E-state index contributed by atoms with van der Waals surface area (Å²) in [4.78, 5) is 4.04. The fraction of sp³-hybridized carbons (Fsp3) is 0.167. The first-order valence-electron chi connectivity index (χ1n) is 5.13. The lowest BCUT2D eigenvalue weighted by molar-refractivity contribution is 0.788. The van der Waals surface area contributed by atoms with E-state index in [0.717, 1.165) is 12.2 Å². The summed E-state index contributed by atoms with van der Waals surface area (Å²) in [6.45, 7) is 2.90. The maximum absolute atomic E-state index is 4.50. The molecular formula is C12H11N3S. The number of hydrogen-bond acceptors (Lipinski definition) is 3. The Morgan fingerprint density at radius 1 is 1.38 bits per heavy atom. The van der Waals surface area contributed by atoms with E-state index in [9.17, 15) is 0 Å². The fourth-order valence-electron chi connectivity index (χ4n) is 1.77. The molecule has 1 aromatic carbocycles. The Kier molecular flexibility index (Phi) is 2.22. The van der Waals surface area contributed by atoms with Gasteiger partial charge in [0.05, 0.1) is 23.3 Å². The number of nitrogens with zero attached hydrogens (tertiary/aromatic N) is 3. The Bertz CT molecular complexity index is 610. The zero-order valence-corrected chi connectivity index (χ0v) is 9.74. The lowest BCUT2D eigenvalue weighted by Gasteiger charge is -1.99. The quantitative estimate of drug-likeness (QED) is 0.676. The summed E-state index contributed by atoms with van der Waals surface area (Å²) in [5, 5.41) is 1.26. The number of aromatic nitrogens is 3. The maximum atomic E-state index is 4.50. The smallest absolute Gasteiger partial charge is 0.0949 e. The minimum atomic E-state index is 0.795. The van der Waals surface area contributed by atoms with Crippen LogP contribution in [0.25, 0.3) is 10.1 Å². The molecule has 16 heavy (non-hydrogen) atoms. The van der Waals surface area contributed by atoms with Gasteiger partial charge in [0.1, 0.15) is 0 Å². The summed E-state index contributed by atoms with van der Waals surface area (Å²) in [6, 6.07) is 6.46. The molecule has 0 radical (unpaired) electrons. The van der Waals surface area contributed by atoms with Crippen molar-refractivity contribution in [1.29, 1.82) is 0 Å². The van der Waals surface area contributed by atoms with Crippen LogP contribution in [0.5, 0.6) is 0 Å². The van der Waals surface area contributed by atoms with Gasteiger partial charge >= 0.3 is 0 Å². The molecule has 0 saturated heterocycles. The molecule has 0 amide bonds. The third kappa shape index (κ3) is 1.61. The van der Waals surface area contributed by atoms with Gasteiger partial charge in [0.25, 0.3) is 0 Å². The molecule has 3 rings (SSSR count). The van der Waals surface area contributed by atoms with Gasteiger partial charge in [-0.2, -0.15) is 4.37 Å². The second-order valence-electron chi connectivity index (χ2n) is 3.86. The van der Waals surface area contributed by atoms with E-state index in [4.69, 9.17) is 0 Å². The van der Waals surface area contributed by atoms with E-state index in [1.807, 2.05) is 17.1 Å². The minimum Gasteiger partial charge on any atom is -0.331 e. The monoisotopic (exact) mass is 229 g/mol. The number of rotatable bonds is 2. The summed E-state index contributed by atoms with van der Waals surface area (Å²) in [7, 11) is 0. The number of benzene rings is 1. The van der Waals surface area contributed by atoms with E-state index >= 15 is 0 Å². The van der Waals surface area contributed by atoms with Gasteiger partial charge < -0.3 is 4.57 Å². The summed E-state index contributed by atoms with van der Waals surface area (Å²) in [5.74, 6) is 0. The molecule has 0 fully saturated rings. The average Bonchev–Trinajstić information content (AvgIpc) is 2.90. The summed E-state index contributed by atoms with van der Waals surface area (Å²) in [5.41, 5.74) is 2.40. The van der Waals surface area contributed by atoms with Crippen LogP contribution in [0.3, 0.4) is 0 Å². The molecule has 0 aliphatic rings. The molecule has 0 saturated carbocycles. The van der Waals surface area contributed by atoms with Gasteiger partial charge in [0.15, 0.2) is 0 Å². The van der Waals surface area contributed by atoms with Crippen LogP contribution in [0, 0.1) is 6.92 Å². The molecule has 0 unspecified atom stereocenters. The third-order valence-electron chi connectivity index (χ3n) is 2.59. The Morgan fingerprint density at radius 2 is 2.31 bits per heavy atom. The van der Waals surface area contributed by atoms with Crippen molar-refractivity contribution in [3.63, 3.8) is 0 Å². The summed E-state index contributed by atoms with van der Waals surface area (Å²) in [6.07, 6.45) is 5.57. The van der Waals surface area contributed by atoms with E-state index in [1.165, 1.54) is 15.6 Å². The molecule has 80 valence electrons. The highest BCUT2D eigenvalue weighted by atomic mass is 32.1. The first-order valence-corrected chi connectivity index (χ1v) is 5.91. The topological polar surface area (TPSA) is 30.7 Å². The Hall–Kier alpha value is -1.68. The van der Waals surface area contributed by atoms with Gasteiger partial charge in [-0.1, -0.05) is 11.6 Å². The second-order valence-corrected chi connectivity index (χ2v) is 4.67. The molecule has 0 spiro atoms. The van der Waals surface area contributed by atoms with E-state index < -0.39 is 0 Å². The first-order chi connectivity index (χ1) is 7.83. The minimum absolute atomic E-state index is 0.795. The largest absolute Gasteiger partial charge is 0.331 e. The van der Waals surface area contributed by atoms with Gasteiger partial charge in [-0.05, 0) is 30.6 Å². The van der Waals surface area contributed by atoms with Crippen molar-refractivity contribution in [1.82, 2.24) is 13.9 Å². The summed E-state index contributed by atoms with van der Waals surface area (Å²) >= 11 is 1.56. The highest BCUT2D eigenvalue weighted by Gasteiger charge is 2.06. The lowest BCUT2D eigenvalue weighted by atomic mass is 10.1. The predicted octanol–water partition coefficient (Wildman–Crippen LogP) is 2.85. The zero-order chi connectivity index (χ0) is 11.0. The molecule has 4 heteroatoms. The van der Waals surface area contributed by atoms with Gasteiger partial charge in [-0.3, -0.25) is 0 Å². The molecule has 0 atom stereocenters. The van der Waals surface area contributed by atoms with Crippen molar-refractivity contribution in [2.24, 2.45) is 0 Å². The molecule has 3 aromatic rings. The fourth-order valence-corrected chi connectivity index (χ4v) is 2.54. The van der Waals surface area contributed by atoms with Crippen LogP contribution in [0.1, 0.15) is 11.3 Å². The molecule has 0 N–H and O–H groups in total. The Morgan fingerprint density at radius 3 is 3.12 bits per heavy atom. The molecule has 2 heterocycles. The standard InChI is InChI=1S/C12H11N3S/c1-9-2-3-12-10(6-9)11(14-16-12)7-15-5-4-13-8-15/h2-6,8H,7H2,1H3. The van der Waals surface area contributed by atoms with Crippen LogP contribution in [0.4, 0.5) is 0 Å². The molecule has 0 aliphatic carbocycles. The molecule has 0 bridgehead atoms. The van der Waals surface area contributed by atoms with E-state index in [0.29, 0.717) is 0 Å². The van der Waals surface area contributed by atoms with Gasteiger partial charge in [0.2, 0.25) is 0 Å². The average molecular weight is 229 g/mol. The van der Waals surface area contributed by atoms with Crippen LogP contribution >= 0.6 is 11.5 Å². The molecule has 2 aromatic heterocycles. The number of hydrogen-bond donors (Lipinski definition) is 0. The zero-order valence-electron chi connectivity index (χ0n) is 8.92. The van der Waals surface area contributed by atoms with E-state index in [-0.39, 0.29) is 0 Å². The van der Waals surface area contributed by atoms with Crippen LogP contribution in [-0.2, 0) is 6.54 Å². The van der Waals surface area contributed by atoms with Gasteiger partial charge in [-0.15, -0.1) is 0 Å². The molecule has 3 nitrogen and oxygen atoms in total. The lowest BCUT2D eigenvalue weighted by Crippen LogP contribution is -1.96. The second kappa shape index (κ2) is 3.72. The van der Waals surface area contributed by atoms with Crippen molar-refractivity contribution in [2.45, 2.75) is 13.5 Å². The highest BCUT2D eigenvalue weighted by Crippen LogP contribution is 2.24. The number of fused-ring (bicyclic) bond motifs is 1. The van der Waals surface area contributed by atoms with Gasteiger partial charge in [-0.25, -0.2) is 4.98 Å². The Labute approximate surface area is 97.5 Å². The number of imidazole rings is 1. The van der Waals surface area contributed by atoms with E-state index in [1.54, 1.807) is 17.7 Å². The van der Waals surface area contributed by atoms with E-state index in [2.05, 4.69) is 34.5 Å². The number of aryl methyl sites for hydroxylation is 1. The van der Waals surface area contributed by atoms with Crippen molar-refractivity contribution in [3.05, 3.63) is 48.2 Å². The first kappa shape index (κ1) is 9.54. The molecular weight excluding hydrogens is 218 g/mol. The van der Waals surface area contributed by atoms with Crippen LogP contribution < -0.4 is 0 Å². The molecule has 0 aliphatic heterocycles. The SMILES string of the molecule is Cc1ccc2snc(Cn3ccnc3)c2c1. The van der Waals surface area contributed by atoms with Crippen LogP contribution in [0.15, 0.2) is 36.9 Å². The van der Waals surface area contributed by atoms with Crippen molar-refractivity contribution >= 4 is 21.6 Å². The van der Waals surface area contributed by atoms with Crippen molar-refractivity contribution < 1.29 is 0 Å².